The van der Waals surface area contributed by atoms with Crippen LogP contribution in [0.15, 0.2) is 57.9 Å². The smallest absolute Gasteiger partial charge is 0.240 e. The fourth-order valence-corrected chi connectivity index (χ4v) is 3.87. The number of anilines is 1. The number of halogens is 1. The number of sulfonamides is 1. The van der Waals surface area contributed by atoms with E-state index in [2.05, 4.69) is 26.0 Å². The Bertz CT molecular complexity index is 958. The van der Waals surface area contributed by atoms with Crippen molar-refractivity contribution in [2.75, 3.05) is 18.5 Å². The van der Waals surface area contributed by atoms with E-state index >= 15 is 0 Å². The Morgan fingerprint density at radius 3 is 2.71 bits per heavy atom. The first kappa shape index (κ1) is 21.9. The van der Waals surface area contributed by atoms with Gasteiger partial charge in [0.2, 0.25) is 15.9 Å². The predicted octanol–water partition coefficient (Wildman–Crippen LogP) is 3.44. The van der Waals surface area contributed by atoms with Crippen LogP contribution in [0.4, 0.5) is 5.69 Å². The lowest BCUT2D eigenvalue weighted by atomic mass is 10.3. The van der Waals surface area contributed by atoms with Crippen molar-refractivity contribution in [3.05, 3.63) is 53.0 Å². The Labute approximate surface area is 172 Å². The molecule has 0 saturated carbocycles. The van der Waals surface area contributed by atoms with Crippen LogP contribution in [0.25, 0.3) is 0 Å². The summed E-state index contributed by atoms with van der Waals surface area (Å²) in [6, 6.07) is 15.3. The minimum absolute atomic E-state index is 0.0134. The number of carbonyl (C=O) groups excluding carboxylic acids is 1. The molecule has 28 heavy (non-hydrogen) atoms. The molecule has 2 aromatic rings. The van der Waals surface area contributed by atoms with Gasteiger partial charge in [0.05, 0.1) is 17.6 Å². The molecule has 1 amide bonds. The van der Waals surface area contributed by atoms with Gasteiger partial charge in [0.25, 0.3) is 0 Å². The average Bonchev–Trinajstić information content (AvgIpc) is 2.65. The van der Waals surface area contributed by atoms with Crippen molar-refractivity contribution in [1.82, 2.24) is 4.72 Å². The van der Waals surface area contributed by atoms with Gasteiger partial charge in [-0.2, -0.15) is 5.26 Å². The van der Waals surface area contributed by atoms with Gasteiger partial charge < -0.3 is 10.1 Å². The summed E-state index contributed by atoms with van der Waals surface area (Å²) in [5.41, 5.74) is 0.553. The van der Waals surface area contributed by atoms with Crippen LogP contribution in [0, 0.1) is 11.3 Å². The fourth-order valence-electron chi connectivity index (χ4n) is 2.24. The summed E-state index contributed by atoms with van der Waals surface area (Å²) in [6.07, 6.45) is 1.04. The molecule has 7 nitrogen and oxygen atoms in total. The fraction of sp³-hybridized carbons (Fsp3) is 0.263. The zero-order valence-electron chi connectivity index (χ0n) is 15.0. The highest BCUT2D eigenvalue weighted by Gasteiger charge is 2.14. The van der Waals surface area contributed by atoms with Crippen molar-refractivity contribution in [2.45, 2.75) is 24.2 Å². The molecule has 0 aliphatic heterocycles. The largest absolute Gasteiger partial charge is 0.493 e. The summed E-state index contributed by atoms with van der Waals surface area (Å²) in [7, 11) is -3.68. The Kier molecular flexibility index (Phi) is 8.44. The van der Waals surface area contributed by atoms with Gasteiger partial charge in [-0.1, -0.05) is 28.1 Å². The van der Waals surface area contributed by atoms with E-state index in [1.165, 1.54) is 12.1 Å². The van der Waals surface area contributed by atoms with Gasteiger partial charge in [0.1, 0.15) is 5.75 Å². The van der Waals surface area contributed by atoms with E-state index in [1.54, 1.807) is 36.4 Å². The average molecular weight is 466 g/mol. The number of ether oxygens (including phenoxy) is 1. The Hall–Kier alpha value is -2.41. The molecular weight excluding hydrogens is 446 g/mol. The van der Waals surface area contributed by atoms with E-state index in [4.69, 9.17) is 10.00 Å². The second-order valence-electron chi connectivity index (χ2n) is 5.79. The zero-order valence-corrected chi connectivity index (χ0v) is 17.4. The van der Waals surface area contributed by atoms with Gasteiger partial charge in [-0.3, -0.25) is 4.79 Å². The standard InChI is InChI=1S/C19H20BrN3O4S/c20-15-5-3-8-18(13-15)28(25,26)22-11-9-19(24)23-16-6-4-7-17(14-16)27-12-2-1-10-21/h3-8,13-14,22H,1-2,9,11-12H2,(H,23,24). The molecular formula is C19H20BrN3O4S. The molecule has 0 unspecified atom stereocenters. The molecule has 0 bridgehead atoms. The normalized spacial score (nSPS) is 10.9. The summed E-state index contributed by atoms with van der Waals surface area (Å²) in [6.45, 7) is 0.396. The number of nitrogens with zero attached hydrogens (tertiary/aromatic N) is 1. The lowest BCUT2D eigenvalue weighted by Gasteiger charge is -2.10. The van der Waals surface area contributed by atoms with Gasteiger partial charge in [0.15, 0.2) is 0 Å². The molecule has 9 heteroatoms. The molecule has 0 aliphatic rings. The summed E-state index contributed by atoms with van der Waals surface area (Å²) < 4.78 is 33.0. The number of amides is 1. The number of unbranched alkanes of at least 4 members (excludes halogenated alkanes) is 1. The van der Waals surface area contributed by atoms with Gasteiger partial charge in [-0.25, -0.2) is 13.1 Å². The van der Waals surface area contributed by atoms with Gasteiger partial charge in [0, 0.05) is 35.6 Å². The first-order valence-corrected chi connectivity index (χ1v) is 10.8. The predicted molar refractivity (Wildman–Crippen MR) is 109 cm³/mol. The Morgan fingerprint density at radius 1 is 1.18 bits per heavy atom. The number of rotatable bonds is 10. The van der Waals surface area contributed by atoms with Gasteiger partial charge in [-0.15, -0.1) is 0 Å². The summed E-state index contributed by atoms with van der Waals surface area (Å²) >= 11 is 3.23. The van der Waals surface area contributed by atoms with Crippen molar-refractivity contribution in [3.63, 3.8) is 0 Å². The number of hydrogen-bond donors (Lipinski definition) is 2. The Morgan fingerprint density at radius 2 is 1.96 bits per heavy atom. The Balaban J connectivity index is 1.82. The molecule has 2 aromatic carbocycles. The highest BCUT2D eigenvalue weighted by molar-refractivity contribution is 9.10. The van der Waals surface area contributed by atoms with Crippen LogP contribution in [-0.4, -0.2) is 27.5 Å². The first-order valence-electron chi connectivity index (χ1n) is 8.55. The molecule has 0 heterocycles. The third kappa shape index (κ3) is 7.31. The van der Waals surface area contributed by atoms with E-state index in [9.17, 15) is 13.2 Å². The lowest BCUT2D eigenvalue weighted by molar-refractivity contribution is -0.116. The van der Waals surface area contributed by atoms with Crippen LogP contribution in [-0.2, 0) is 14.8 Å². The van der Waals surface area contributed by atoms with Gasteiger partial charge >= 0.3 is 0 Å². The van der Waals surface area contributed by atoms with Crippen molar-refractivity contribution in [2.24, 2.45) is 0 Å². The van der Waals surface area contributed by atoms with Crippen LogP contribution in [0.1, 0.15) is 19.3 Å². The van der Waals surface area contributed by atoms with Crippen LogP contribution in [0.2, 0.25) is 0 Å². The molecule has 0 aliphatic carbocycles. The summed E-state index contributed by atoms with van der Waals surface area (Å²) in [4.78, 5) is 12.2. The van der Waals surface area contributed by atoms with Crippen molar-refractivity contribution >= 4 is 37.5 Å². The third-order valence-electron chi connectivity index (χ3n) is 3.57. The van der Waals surface area contributed by atoms with Crippen molar-refractivity contribution in [3.8, 4) is 11.8 Å². The van der Waals surface area contributed by atoms with E-state index in [1.807, 2.05) is 6.07 Å². The molecule has 148 valence electrons. The van der Waals surface area contributed by atoms with E-state index in [0.717, 1.165) is 0 Å². The molecule has 0 radical (unpaired) electrons. The number of benzene rings is 2. The maximum atomic E-state index is 12.2. The molecule has 0 spiro atoms. The molecule has 0 fully saturated rings. The van der Waals surface area contributed by atoms with E-state index in [-0.39, 0.29) is 23.8 Å². The molecule has 2 rings (SSSR count). The summed E-state index contributed by atoms with van der Waals surface area (Å²) in [5, 5.41) is 11.2. The van der Waals surface area contributed by atoms with Crippen LogP contribution < -0.4 is 14.8 Å². The van der Waals surface area contributed by atoms with Crippen LogP contribution in [0.5, 0.6) is 5.75 Å². The maximum absolute atomic E-state index is 12.2. The maximum Gasteiger partial charge on any atom is 0.240 e. The van der Waals surface area contributed by atoms with Crippen molar-refractivity contribution in [1.29, 1.82) is 5.26 Å². The second kappa shape index (κ2) is 10.8. The van der Waals surface area contributed by atoms with Crippen LogP contribution in [0.3, 0.4) is 0 Å². The molecule has 2 N–H and O–H groups in total. The highest BCUT2D eigenvalue weighted by atomic mass is 79.9. The number of nitriles is 1. The van der Waals surface area contributed by atoms with Crippen molar-refractivity contribution < 1.29 is 17.9 Å². The molecule has 0 saturated heterocycles. The monoisotopic (exact) mass is 465 g/mol. The van der Waals surface area contributed by atoms with E-state index in [0.29, 0.717) is 35.4 Å². The highest BCUT2D eigenvalue weighted by Crippen LogP contribution is 2.18. The molecule has 0 aromatic heterocycles. The topological polar surface area (TPSA) is 108 Å². The second-order valence-corrected chi connectivity index (χ2v) is 8.47. The number of carbonyl (C=O) groups is 1. The first-order chi connectivity index (χ1) is 13.4. The third-order valence-corrected chi connectivity index (χ3v) is 5.52. The quantitative estimate of drug-likeness (QED) is 0.522. The summed E-state index contributed by atoms with van der Waals surface area (Å²) in [5.74, 6) is 0.268. The SMILES string of the molecule is N#CCCCOc1cccc(NC(=O)CCNS(=O)(=O)c2cccc(Br)c2)c1. The van der Waals surface area contributed by atoms with E-state index < -0.39 is 10.0 Å². The lowest BCUT2D eigenvalue weighted by Crippen LogP contribution is -2.27. The van der Waals surface area contributed by atoms with Crippen LogP contribution >= 0.6 is 15.9 Å². The number of nitrogens with one attached hydrogen (secondary N) is 2. The number of hydrogen-bond acceptors (Lipinski definition) is 5. The molecule has 0 atom stereocenters. The minimum atomic E-state index is -3.68. The zero-order chi connectivity index (χ0) is 20.4. The van der Waals surface area contributed by atoms with Gasteiger partial charge in [-0.05, 0) is 36.8 Å². The minimum Gasteiger partial charge on any atom is -0.493 e.